The fourth-order valence-corrected chi connectivity index (χ4v) is 1.32. The summed E-state index contributed by atoms with van der Waals surface area (Å²) in [5.74, 6) is -0.129. The van der Waals surface area contributed by atoms with Crippen LogP contribution in [0.15, 0.2) is 41.0 Å². The van der Waals surface area contributed by atoms with Crippen LogP contribution in [0.5, 0.6) is 0 Å². The van der Waals surface area contributed by atoms with Gasteiger partial charge in [0.15, 0.2) is 0 Å². The third kappa shape index (κ3) is 1.45. The molecule has 0 aliphatic rings. The lowest BCUT2D eigenvalue weighted by atomic mass is 10.3. The number of nitrogens with two attached hydrogens (primary N) is 1. The van der Waals surface area contributed by atoms with E-state index in [0.29, 0.717) is 0 Å². The number of hydrogen-bond donors (Lipinski definition) is 1. The minimum absolute atomic E-state index is 0.128. The van der Waals surface area contributed by atoms with Crippen molar-refractivity contribution in [3.05, 3.63) is 41.0 Å². The van der Waals surface area contributed by atoms with Gasteiger partial charge in [0.2, 0.25) is 5.95 Å². The lowest BCUT2D eigenvalue weighted by Crippen LogP contribution is -2.00. The molecule has 0 radical (unpaired) electrons. The van der Waals surface area contributed by atoms with Gasteiger partial charge >= 0.3 is 0 Å². The maximum absolute atomic E-state index is 7.82. The van der Waals surface area contributed by atoms with Crippen molar-refractivity contribution in [3.63, 3.8) is 0 Å². The van der Waals surface area contributed by atoms with Gasteiger partial charge in [0, 0.05) is 5.69 Å². The average molecular weight is 244 g/mol. The molecule has 3 nitrogen and oxygen atoms in total. The van der Waals surface area contributed by atoms with Crippen LogP contribution in [-0.4, -0.2) is 9.55 Å². The van der Waals surface area contributed by atoms with Crippen LogP contribution in [0.2, 0.25) is 0 Å². The minimum atomic E-state index is -0.486. The van der Waals surface area contributed by atoms with Gasteiger partial charge in [-0.25, -0.2) is 4.98 Å². The smallest absolute Gasteiger partial charge is 0.205 e. The predicted octanol–water partition coefficient (Wildman–Crippen LogP) is 2.22. The van der Waals surface area contributed by atoms with Crippen molar-refractivity contribution < 1.29 is 8.22 Å². The Balaban J connectivity index is 2.91. The monoisotopic (exact) mass is 243 g/mol. The number of anilines is 1. The molecule has 1 heterocycles. The van der Waals surface area contributed by atoms with E-state index >= 15 is 0 Å². The molecule has 2 N–H and O–H groups in total. The number of aromatic nitrogens is 2. The number of halogens is 1. The lowest BCUT2D eigenvalue weighted by molar-refractivity contribution is 1.05. The van der Waals surface area contributed by atoms with Gasteiger partial charge in [0.25, 0.3) is 0 Å². The quantitative estimate of drug-likeness (QED) is 0.835. The number of benzene rings is 1. The summed E-state index contributed by atoms with van der Waals surface area (Å²) >= 11 is 3.07. The highest BCUT2D eigenvalue weighted by Gasteiger charge is 2.05. The second kappa shape index (κ2) is 3.22. The van der Waals surface area contributed by atoms with Crippen LogP contribution in [0.25, 0.3) is 5.69 Å². The van der Waals surface area contributed by atoms with Crippen molar-refractivity contribution in [3.8, 4) is 5.69 Å². The Morgan fingerprint density at radius 2 is 2.08 bits per heavy atom. The van der Waals surface area contributed by atoms with Gasteiger partial charge < -0.3 is 5.73 Å². The molecule has 0 amide bonds. The standard InChI is InChI=1S/C9H8BrN3/c10-8-6-12-9(11)13(8)7-4-2-1-3-5-7/h1-6H,(H2,11,12)/i1D,2D,3D,4D,5D,6D. The Morgan fingerprint density at radius 1 is 1.38 bits per heavy atom. The molecule has 0 saturated carbocycles. The fraction of sp³-hybridized carbons (Fsp3) is 0. The number of para-hydroxylation sites is 1. The number of nitrogen functional groups attached to an aromatic ring is 1. The first kappa shape index (κ1) is 3.84. The van der Waals surface area contributed by atoms with Crippen molar-refractivity contribution >= 4 is 21.9 Å². The summed E-state index contributed by atoms with van der Waals surface area (Å²) < 4.78 is 47.1. The molecule has 0 aliphatic carbocycles. The summed E-state index contributed by atoms with van der Waals surface area (Å²) in [5.41, 5.74) is 5.48. The normalized spacial score (nSPS) is 16.7. The van der Waals surface area contributed by atoms with Gasteiger partial charge in [-0.05, 0) is 28.0 Å². The molecule has 66 valence electrons. The van der Waals surface area contributed by atoms with Crippen LogP contribution in [0.4, 0.5) is 5.95 Å². The maximum Gasteiger partial charge on any atom is 0.205 e. The van der Waals surface area contributed by atoms with E-state index in [1.165, 1.54) is 0 Å². The van der Waals surface area contributed by atoms with Crippen LogP contribution in [-0.2, 0) is 0 Å². The van der Waals surface area contributed by atoms with Gasteiger partial charge in [-0.2, -0.15) is 0 Å². The summed E-state index contributed by atoms with van der Waals surface area (Å²) in [6.45, 7) is 0. The SMILES string of the molecule is [2H]c1nc(N)n(-c2c([2H])c([2H])c([2H])c([2H])c2[2H])c1Br. The van der Waals surface area contributed by atoms with Crippen LogP contribution in [0.1, 0.15) is 8.22 Å². The van der Waals surface area contributed by atoms with Gasteiger partial charge in [-0.15, -0.1) is 0 Å². The molecule has 13 heavy (non-hydrogen) atoms. The van der Waals surface area contributed by atoms with Crippen molar-refractivity contribution in [1.29, 1.82) is 0 Å². The Morgan fingerprint density at radius 3 is 2.62 bits per heavy atom. The zero-order valence-electron chi connectivity index (χ0n) is 12.3. The Labute approximate surface area is 92.8 Å². The number of hydrogen-bond acceptors (Lipinski definition) is 2. The second-order valence-electron chi connectivity index (χ2n) is 2.18. The van der Waals surface area contributed by atoms with E-state index in [0.717, 1.165) is 4.57 Å². The molecule has 4 heteroatoms. The first-order chi connectivity index (χ1) is 8.77. The number of imidazole rings is 1. The minimum Gasteiger partial charge on any atom is -0.369 e. The van der Waals surface area contributed by atoms with Crippen LogP contribution < -0.4 is 5.73 Å². The zero-order chi connectivity index (χ0) is 14.5. The zero-order valence-corrected chi connectivity index (χ0v) is 7.94. The Hall–Kier alpha value is -1.29. The lowest BCUT2D eigenvalue weighted by Gasteiger charge is -2.04. The van der Waals surface area contributed by atoms with E-state index in [4.69, 9.17) is 14.0 Å². The topological polar surface area (TPSA) is 43.8 Å². The predicted molar refractivity (Wildman–Crippen MR) is 55.7 cm³/mol. The van der Waals surface area contributed by atoms with Gasteiger partial charge in [0.1, 0.15) is 4.60 Å². The highest BCUT2D eigenvalue weighted by molar-refractivity contribution is 9.10. The third-order valence-electron chi connectivity index (χ3n) is 1.40. The Kier molecular flexibility index (Phi) is 0.950. The summed E-state index contributed by atoms with van der Waals surface area (Å²) in [5, 5.41) is 0. The molecule has 2 aromatic rings. The summed E-state index contributed by atoms with van der Waals surface area (Å²) in [4.78, 5) is 3.68. The first-order valence-corrected chi connectivity index (χ1v) is 4.14. The van der Waals surface area contributed by atoms with Crippen LogP contribution in [0, 0.1) is 0 Å². The van der Waals surface area contributed by atoms with E-state index in [1.807, 2.05) is 0 Å². The molecule has 0 bridgehead atoms. The molecule has 0 atom stereocenters. The van der Waals surface area contributed by atoms with E-state index in [9.17, 15) is 0 Å². The summed E-state index contributed by atoms with van der Waals surface area (Å²) in [6.07, 6.45) is -0.177. The first-order valence-electron chi connectivity index (χ1n) is 6.35. The summed E-state index contributed by atoms with van der Waals surface area (Å²) in [6, 6.07) is -2.24. The van der Waals surface area contributed by atoms with Gasteiger partial charge in [-0.1, -0.05) is 18.1 Å². The molecular weight excluding hydrogens is 230 g/mol. The van der Waals surface area contributed by atoms with Crippen molar-refractivity contribution in [2.45, 2.75) is 0 Å². The third-order valence-corrected chi connectivity index (χ3v) is 1.93. The van der Waals surface area contributed by atoms with Crippen molar-refractivity contribution in [2.75, 3.05) is 5.73 Å². The molecule has 0 spiro atoms. The van der Waals surface area contributed by atoms with E-state index in [1.54, 1.807) is 0 Å². The second-order valence-corrected chi connectivity index (χ2v) is 2.93. The molecule has 0 fully saturated rings. The molecule has 0 saturated heterocycles. The highest BCUT2D eigenvalue weighted by Crippen LogP contribution is 2.20. The maximum atomic E-state index is 7.82. The molecule has 1 aromatic heterocycles. The van der Waals surface area contributed by atoms with Crippen LogP contribution in [0.3, 0.4) is 0 Å². The molecular formula is C9H8BrN3. The van der Waals surface area contributed by atoms with Gasteiger partial charge in [-0.3, -0.25) is 4.57 Å². The molecule has 0 unspecified atom stereocenters. The fourth-order valence-electron chi connectivity index (χ4n) is 0.872. The van der Waals surface area contributed by atoms with Crippen LogP contribution >= 0.6 is 15.9 Å². The molecule has 1 aromatic carbocycles. The number of rotatable bonds is 1. The largest absolute Gasteiger partial charge is 0.369 e. The number of nitrogens with zero attached hydrogens (tertiary/aromatic N) is 2. The Bertz CT molecular complexity index is 654. The van der Waals surface area contributed by atoms with E-state index < -0.39 is 30.2 Å². The van der Waals surface area contributed by atoms with Crippen molar-refractivity contribution in [1.82, 2.24) is 9.55 Å². The summed E-state index contributed by atoms with van der Waals surface area (Å²) in [7, 11) is 0. The molecule has 2 rings (SSSR count). The highest BCUT2D eigenvalue weighted by atomic mass is 79.9. The van der Waals surface area contributed by atoms with Gasteiger partial charge in [0.05, 0.1) is 14.4 Å². The average Bonchev–Trinajstić information content (AvgIpc) is 2.61. The van der Waals surface area contributed by atoms with Crippen molar-refractivity contribution in [2.24, 2.45) is 0 Å². The van der Waals surface area contributed by atoms with E-state index in [-0.39, 0.29) is 22.4 Å². The van der Waals surface area contributed by atoms with E-state index in [2.05, 4.69) is 20.9 Å². The molecule has 0 aliphatic heterocycles.